The Morgan fingerprint density at radius 1 is 0.926 bits per heavy atom. The number of unbranched alkanes of at least 4 members (excludes halogenated alkanes) is 4. The van der Waals surface area contributed by atoms with Crippen molar-refractivity contribution in [1.29, 1.82) is 0 Å². The summed E-state index contributed by atoms with van der Waals surface area (Å²) in [6.07, 6.45) is 5.84. The summed E-state index contributed by atoms with van der Waals surface area (Å²) >= 11 is 13.1. The average Bonchev–Trinajstić information content (AvgIpc) is 2.61. The molecule has 0 saturated carbocycles. The number of aryl methyl sites for hydroxylation is 3. The molecule has 0 saturated heterocycles. The number of hydrogen-bond acceptors (Lipinski definition) is 2. The van der Waals surface area contributed by atoms with E-state index in [9.17, 15) is 0 Å². The molecule has 3 nitrogen and oxygen atoms in total. The van der Waals surface area contributed by atoms with E-state index in [-0.39, 0.29) is 0 Å². The second-order valence-corrected chi connectivity index (χ2v) is 7.82. The van der Waals surface area contributed by atoms with Gasteiger partial charge in [0.25, 0.3) is 0 Å². The Kier molecular flexibility index (Phi) is 8.12. The van der Waals surface area contributed by atoms with Crippen LogP contribution in [0.1, 0.15) is 55.7 Å². The number of nitrogens with two attached hydrogens (primary N) is 1. The first kappa shape index (κ1) is 21.7. The van der Waals surface area contributed by atoms with Gasteiger partial charge in [-0.1, -0.05) is 73.5 Å². The molecule has 27 heavy (non-hydrogen) atoms. The minimum Gasteiger partial charge on any atom is -0.491 e. The van der Waals surface area contributed by atoms with Gasteiger partial charge in [0.2, 0.25) is 0 Å². The predicted molar refractivity (Wildman–Crippen MR) is 114 cm³/mol. The van der Waals surface area contributed by atoms with Crippen molar-refractivity contribution in [2.24, 2.45) is 5.11 Å². The molecule has 0 bridgehead atoms. The maximum Gasteiger partial charge on any atom is 0.191 e. The number of hydrogen-bond donors (Lipinski definition) is 1. The molecule has 146 valence electrons. The molecular weight excluding hydrogens is 379 g/mol. The molecule has 0 aliphatic heterocycles. The van der Waals surface area contributed by atoms with Gasteiger partial charge in [0.1, 0.15) is 0 Å². The molecule has 0 aliphatic rings. The molecule has 0 fully saturated rings. The molecule has 0 aliphatic carbocycles. The van der Waals surface area contributed by atoms with Crippen molar-refractivity contribution in [3.8, 4) is 16.9 Å². The molecule has 0 aromatic heterocycles. The Balaban J connectivity index is 2.37. The highest BCUT2D eigenvalue weighted by Crippen LogP contribution is 2.47. The summed E-state index contributed by atoms with van der Waals surface area (Å²) in [5, 5.41) is 4.59. The van der Waals surface area contributed by atoms with Crippen LogP contribution in [0.4, 0.5) is 5.69 Å². The van der Waals surface area contributed by atoms with Crippen LogP contribution in [-0.2, 0) is 0 Å². The van der Waals surface area contributed by atoms with Crippen molar-refractivity contribution in [3.63, 3.8) is 0 Å². The minimum atomic E-state index is 0.331. The third-order valence-corrected chi connectivity index (χ3v) is 5.58. The molecule has 2 aromatic rings. The fourth-order valence-electron chi connectivity index (χ4n) is 3.50. The van der Waals surface area contributed by atoms with Crippen LogP contribution in [0.25, 0.3) is 11.1 Å². The summed E-state index contributed by atoms with van der Waals surface area (Å²) in [5.74, 6) is 0.580. The van der Waals surface area contributed by atoms with E-state index in [1.54, 1.807) is 0 Å². The molecule has 0 amide bonds. The Labute approximate surface area is 172 Å². The Hall–Kier alpha value is -1.58. The van der Waals surface area contributed by atoms with Gasteiger partial charge >= 0.3 is 0 Å². The predicted octanol–water partition coefficient (Wildman–Crippen LogP) is 6.78. The standard InChI is InChI=1S/C22H28Cl2N2O/c1-5-6-7-8-9-10-27-18-13-17(20(23)21(24)22(18)26-25)19-15(3)11-14(2)12-16(19)4/h11-13,25H,5-10H2,1-4H3/p+1. The van der Waals surface area contributed by atoms with Crippen molar-refractivity contribution in [2.75, 3.05) is 6.61 Å². The third-order valence-electron chi connectivity index (χ3n) is 4.73. The SMILES string of the molecule is CCCCCCCOc1cc(-c2c(C)cc(C)cc2C)c(Cl)c(Cl)c1N=[NH2+]. The smallest absolute Gasteiger partial charge is 0.191 e. The second-order valence-electron chi connectivity index (χ2n) is 7.06. The summed E-state index contributed by atoms with van der Waals surface area (Å²) in [6.45, 7) is 9.05. The Morgan fingerprint density at radius 2 is 1.56 bits per heavy atom. The average molecular weight is 408 g/mol. The van der Waals surface area contributed by atoms with E-state index in [1.807, 2.05) is 6.07 Å². The highest BCUT2D eigenvalue weighted by Gasteiger charge is 2.21. The lowest BCUT2D eigenvalue weighted by molar-refractivity contribution is -0.210. The number of rotatable bonds is 9. The van der Waals surface area contributed by atoms with E-state index in [0.717, 1.165) is 35.1 Å². The largest absolute Gasteiger partial charge is 0.491 e. The molecule has 2 aromatic carbocycles. The first-order valence-corrected chi connectivity index (χ1v) is 10.3. The van der Waals surface area contributed by atoms with Crippen LogP contribution < -0.4 is 10.3 Å². The lowest BCUT2D eigenvalue weighted by Crippen LogP contribution is -2.22. The molecule has 2 N–H and O–H groups in total. The van der Waals surface area contributed by atoms with Crippen LogP contribution >= 0.6 is 23.2 Å². The van der Waals surface area contributed by atoms with Crippen molar-refractivity contribution < 1.29 is 10.3 Å². The zero-order chi connectivity index (χ0) is 20.0. The van der Waals surface area contributed by atoms with E-state index in [2.05, 4.69) is 44.9 Å². The Bertz CT molecular complexity index is 795. The first-order valence-electron chi connectivity index (χ1n) is 9.54. The summed E-state index contributed by atoms with van der Waals surface area (Å²) < 4.78 is 5.99. The highest BCUT2D eigenvalue weighted by molar-refractivity contribution is 6.45. The number of nitrogens with zero attached hydrogens (tertiary/aromatic N) is 1. The molecule has 0 radical (unpaired) electrons. The van der Waals surface area contributed by atoms with Gasteiger partial charge in [-0.2, -0.15) is 5.53 Å². The van der Waals surface area contributed by atoms with E-state index in [0.29, 0.717) is 28.1 Å². The summed E-state index contributed by atoms with van der Waals surface area (Å²) in [4.78, 5) is 0. The maximum absolute atomic E-state index is 6.58. The molecule has 0 spiro atoms. The van der Waals surface area contributed by atoms with E-state index >= 15 is 0 Å². The fourth-order valence-corrected chi connectivity index (χ4v) is 3.98. The highest BCUT2D eigenvalue weighted by atomic mass is 35.5. The minimum absolute atomic E-state index is 0.331. The zero-order valence-corrected chi connectivity index (χ0v) is 18.2. The Morgan fingerprint density at radius 3 is 2.15 bits per heavy atom. The van der Waals surface area contributed by atoms with E-state index < -0.39 is 0 Å². The number of halogens is 2. The molecule has 2 rings (SSSR count). The first-order chi connectivity index (χ1) is 12.9. The fraction of sp³-hybridized carbons (Fsp3) is 0.455. The van der Waals surface area contributed by atoms with Gasteiger partial charge in [-0.25, -0.2) is 0 Å². The lowest BCUT2D eigenvalue weighted by atomic mass is 9.93. The zero-order valence-electron chi connectivity index (χ0n) is 16.7. The number of benzene rings is 2. The topological polar surface area (TPSA) is 47.2 Å². The van der Waals surface area contributed by atoms with Crippen molar-refractivity contribution in [2.45, 2.75) is 59.8 Å². The monoisotopic (exact) mass is 407 g/mol. The second kappa shape index (κ2) is 10.1. The normalized spacial score (nSPS) is 10.9. The van der Waals surface area contributed by atoms with Gasteiger partial charge < -0.3 is 4.74 Å². The van der Waals surface area contributed by atoms with E-state index in [1.165, 1.54) is 24.8 Å². The van der Waals surface area contributed by atoms with Crippen LogP contribution in [-0.4, -0.2) is 6.61 Å². The van der Waals surface area contributed by atoms with Crippen LogP contribution in [0.2, 0.25) is 10.0 Å². The molecular formula is C22H29Cl2N2O+. The third kappa shape index (κ3) is 5.24. The van der Waals surface area contributed by atoms with Gasteiger partial charge in [0.05, 0.1) is 16.7 Å². The van der Waals surface area contributed by atoms with Crippen molar-refractivity contribution in [1.82, 2.24) is 0 Å². The summed E-state index contributed by atoms with van der Waals surface area (Å²) in [5.41, 5.74) is 11.4. The van der Waals surface area contributed by atoms with Gasteiger partial charge in [-0.15, -0.1) is 0 Å². The van der Waals surface area contributed by atoms with Gasteiger partial charge in [0.15, 0.2) is 11.4 Å². The van der Waals surface area contributed by atoms with Crippen LogP contribution in [0, 0.1) is 20.8 Å². The van der Waals surface area contributed by atoms with Crippen LogP contribution in [0.5, 0.6) is 5.75 Å². The molecule has 0 atom stereocenters. The van der Waals surface area contributed by atoms with Gasteiger partial charge in [0, 0.05) is 5.56 Å². The van der Waals surface area contributed by atoms with Gasteiger partial charge in [-0.05, 0) is 55.1 Å². The van der Waals surface area contributed by atoms with E-state index in [4.69, 9.17) is 33.5 Å². The van der Waals surface area contributed by atoms with Gasteiger partial charge in [-0.3, -0.25) is 0 Å². The number of ether oxygens (including phenoxy) is 1. The van der Waals surface area contributed by atoms with Crippen molar-refractivity contribution in [3.05, 3.63) is 44.9 Å². The molecule has 5 heteroatoms. The molecule has 0 heterocycles. The quantitative estimate of drug-likeness (QED) is 0.361. The lowest BCUT2D eigenvalue weighted by Gasteiger charge is -2.17. The van der Waals surface area contributed by atoms with Crippen LogP contribution in [0.3, 0.4) is 0 Å². The summed E-state index contributed by atoms with van der Waals surface area (Å²) in [6, 6.07) is 6.20. The maximum atomic E-state index is 6.58. The van der Waals surface area contributed by atoms with Crippen LogP contribution in [0.15, 0.2) is 23.3 Å². The molecule has 0 unspecified atom stereocenters. The summed E-state index contributed by atoms with van der Waals surface area (Å²) in [7, 11) is 0. The van der Waals surface area contributed by atoms with Crippen molar-refractivity contribution >= 4 is 28.9 Å².